The van der Waals surface area contributed by atoms with Gasteiger partial charge in [0.15, 0.2) is 5.82 Å². The highest BCUT2D eigenvalue weighted by atomic mass is 16.5. The predicted molar refractivity (Wildman–Crippen MR) is 108 cm³/mol. The van der Waals surface area contributed by atoms with Crippen LogP contribution in [0.4, 0.5) is 23.1 Å². The van der Waals surface area contributed by atoms with E-state index < -0.39 is 0 Å². The van der Waals surface area contributed by atoms with Crippen LogP contribution in [0.15, 0.2) is 30.5 Å². The molecule has 0 aliphatic carbocycles. The van der Waals surface area contributed by atoms with E-state index in [2.05, 4.69) is 20.2 Å². The number of ether oxygens (including phenoxy) is 1. The third kappa shape index (κ3) is 4.46. The van der Waals surface area contributed by atoms with Gasteiger partial charge >= 0.3 is 0 Å². The average Bonchev–Trinajstić information content (AvgIpc) is 2.68. The van der Waals surface area contributed by atoms with Crippen molar-refractivity contribution in [1.82, 2.24) is 9.97 Å². The molecule has 1 N–H and O–H groups in total. The Morgan fingerprint density at radius 2 is 1.89 bits per heavy atom. The fraction of sp³-hybridized carbons (Fsp3) is 0.421. The second-order valence-corrected chi connectivity index (χ2v) is 6.80. The van der Waals surface area contributed by atoms with Gasteiger partial charge in [-0.2, -0.15) is 4.98 Å². The van der Waals surface area contributed by atoms with Crippen molar-refractivity contribution in [2.45, 2.75) is 0 Å². The summed E-state index contributed by atoms with van der Waals surface area (Å²) in [5.41, 5.74) is 2.13. The van der Waals surface area contributed by atoms with Crippen molar-refractivity contribution in [3.05, 3.63) is 36.0 Å². The Bertz CT molecular complexity index is 803. The number of benzene rings is 1. The van der Waals surface area contributed by atoms with Crippen LogP contribution in [0.5, 0.6) is 0 Å². The Morgan fingerprint density at radius 1 is 1.15 bits per heavy atom. The molecule has 0 unspecified atom stereocenters. The average molecular weight is 370 g/mol. The van der Waals surface area contributed by atoms with E-state index in [1.54, 1.807) is 12.3 Å². The molecule has 0 bridgehead atoms. The van der Waals surface area contributed by atoms with Crippen molar-refractivity contribution in [2.75, 3.05) is 74.5 Å². The molecule has 1 aromatic heterocycles. The lowest BCUT2D eigenvalue weighted by molar-refractivity contribution is 0.102. The molecule has 1 aliphatic rings. The lowest BCUT2D eigenvalue weighted by Gasteiger charge is -2.28. The Hall–Kier alpha value is -2.87. The number of carbonyl (C=O) groups excluding carboxylic acids is 1. The molecule has 0 atom stereocenters. The fourth-order valence-electron chi connectivity index (χ4n) is 2.83. The zero-order chi connectivity index (χ0) is 19.4. The highest BCUT2D eigenvalue weighted by Crippen LogP contribution is 2.25. The molecule has 1 aromatic carbocycles. The maximum atomic E-state index is 12.7. The first-order valence-electron chi connectivity index (χ1n) is 8.91. The first kappa shape index (κ1) is 18.9. The summed E-state index contributed by atoms with van der Waals surface area (Å²) in [6, 6.07) is 7.48. The van der Waals surface area contributed by atoms with E-state index in [1.807, 2.05) is 56.2 Å². The van der Waals surface area contributed by atoms with E-state index in [-0.39, 0.29) is 5.91 Å². The molecule has 1 fully saturated rings. The van der Waals surface area contributed by atoms with Crippen LogP contribution < -0.4 is 20.0 Å². The third-order valence-electron chi connectivity index (χ3n) is 4.35. The first-order valence-corrected chi connectivity index (χ1v) is 8.91. The van der Waals surface area contributed by atoms with E-state index in [1.165, 1.54) is 0 Å². The van der Waals surface area contributed by atoms with Crippen LogP contribution in [0, 0.1) is 0 Å². The summed E-state index contributed by atoms with van der Waals surface area (Å²) >= 11 is 0. The van der Waals surface area contributed by atoms with Crippen molar-refractivity contribution in [3.63, 3.8) is 0 Å². The number of nitrogens with one attached hydrogen (secondary N) is 1. The molecule has 1 aliphatic heterocycles. The topological polar surface area (TPSA) is 73.8 Å². The van der Waals surface area contributed by atoms with Crippen LogP contribution in [0.1, 0.15) is 10.4 Å². The van der Waals surface area contributed by atoms with Gasteiger partial charge in [-0.05, 0) is 18.2 Å². The van der Waals surface area contributed by atoms with Gasteiger partial charge in [0.2, 0.25) is 5.95 Å². The minimum atomic E-state index is -0.190. The van der Waals surface area contributed by atoms with Crippen molar-refractivity contribution in [2.24, 2.45) is 0 Å². The number of hydrogen-bond acceptors (Lipinski definition) is 7. The van der Waals surface area contributed by atoms with Gasteiger partial charge in [-0.15, -0.1) is 0 Å². The molecule has 0 spiro atoms. The lowest BCUT2D eigenvalue weighted by Crippen LogP contribution is -2.37. The minimum absolute atomic E-state index is 0.190. The predicted octanol–water partition coefficient (Wildman–Crippen LogP) is 1.70. The van der Waals surface area contributed by atoms with Crippen molar-refractivity contribution < 1.29 is 9.53 Å². The quantitative estimate of drug-likeness (QED) is 0.859. The van der Waals surface area contributed by atoms with E-state index in [0.717, 1.165) is 18.8 Å². The van der Waals surface area contributed by atoms with Gasteiger partial charge in [-0.3, -0.25) is 4.79 Å². The molecule has 0 saturated carbocycles. The zero-order valence-corrected chi connectivity index (χ0v) is 16.3. The number of amides is 1. The molecule has 27 heavy (non-hydrogen) atoms. The normalized spacial score (nSPS) is 14.0. The Kier molecular flexibility index (Phi) is 5.75. The molecule has 1 amide bonds. The molecule has 0 radical (unpaired) electrons. The number of hydrogen-bond donors (Lipinski definition) is 1. The van der Waals surface area contributed by atoms with Crippen LogP contribution in [0.3, 0.4) is 0 Å². The van der Waals surface area contributed by atoms with Crippen LogP contribution in [0.2, 0.25) is 0 Å². The number of rotatable bonds is 5. The number of nitrogens with zero attached hydrogens (tertiary/aromatic N) is 5. The minimum Gasteiger partial charge on any atom is -0.378 e. The number of anilines is 4. The molecule has 2 heterocycles. The van der Waals surface area contributed by atoms with Crippen LogP contribution in [-0.2, 0) is 4.74 Å². The standard InChI is InChI=1S/C19H26N6O2/c1-23(2)15-7-5-6-14(12-15)18(26)21-16-13-20-19(22-17(16)24(3)4)25-8-10-27-11-9-25/h5-7,12-13H,8-11H2,1-4H3,(H,21,26). The highest BCUT2D eigenvalue weighted by Gasteiger charge is 2.18. The van der Waals surface area contributed by atoms with Gasteiger partial charge in [0.1, 0.15) is 5.69 Å². The first-order chi connectivity index (χ1) is 13.0. The fourth-order valence-corrected chi connectivity index (χ4v) is 2.83. The number of morpholine rings is 1. The maximum absolute atomic E-state index is 12.7. The van der Waals surface area contributed by atoms with Crippen molar-refractivity contribution in [1.29, 1.82) is 0 Å². The smallest absolute Gasteiger partial charge is 0.255 e. The van der Waals surface area contributed by atoms with Gasteiger partial charge < -0.3 is 24.8 Å². The lowest BCUT2D eigenvalue weighted by atomic mass is 10.2. The molecule has 8 nitrogen and oxygen atoms in total. The van der Waals surface area contributed by atoms with Crippen molar-refractivity contribution in [3.8, 4) is 0 Å². The SMILES string of the molecule is CN(C)c1cccc(C(=O)Nc2cnc(N3CCOCC3)nc2N(C)C)c1. The molecule has 144 valence electrons. The van der Waals surface area contributed by atoms with Crippen LogP contribution in [-0.4, -0.2) is 70.4 Å². The number of aromatic nitrogens is 2. The van der Waals surface area contributed by atoms with E-state index in [4.69, 9.17) is 4.74 Å². The second kappa shape index (κ2) is 8.22. The summed E-state index contributed by atoms with van der Waals surface area (Å²) in [4.78, 5) is 27.7. The molecule has 2 aromatic rings. The second-order valence-electron chi connectivity index (χ2n) is 6.80. The van der Waals surface area contributed by atoms with Gasteiger partial charge in [-0.1, -0.05) is 6.07 Å². The van der Waals surface area contributed by atoms with Crippen LogP contribution >= 0.6 is 0 Å². The number of carbonyl (C=O) groups is 1. The maximum Gasteiger partial charge on any atom is 0.255 e. The molecule has 1 saturated heterocycles. The molecule has 8 heteroatoms. The zero-order valence-electron chi connectivity index (χ0n) is 16.3. The summed E-state index contributed by atoms with van der Waals surface area (Å²) < 4.78 is 5.38. The molecular formula is C19H26N6O2. The largest absolute Gasteiger partial charge is 0.378 e. The van der Waals surface area contributed by atoms with Crippen LogP contribution in [0.25, 0.3) is 0 Å². The third-order valence-corrected chi connectivity index (χ3v) is 4.35. The molecule has 3 rings (SSSR count). The summed E-state index contributed by atoms with van der Waals surface area (Å²) in [6.45, 7) is 2.86. The van der Waals surface area contributed by atoms with E-state index in [9.17, 15) is 4.79 Å². The molecular weight excluding hydrogens is 344 g/mol. The van der Waals surface area contributed by atoms with E-state index in [0.29, 0.717) is 36.2 Å². The van der Waals surface area contributed by atoms with Gasteiger partial charge in [0.25, 0.3) is 5.91 Å². The Balaban J connectivity index is 1.83. The van der Waals surface area contributed by atoms with Gasteiger partial charge in [0, 0.05) is 52.5 Å². The van der Waals surface area contributed by atoms with Crippen molar-refractivity contribution >= 4 is 29.0 Å². The van der Waals surface area contributed by atoms with Gasteiger partial charge in [0.05, 0.1) is 19.4 Å². The summed E-state index contributed by atoms with van der Waals surface area (Å²) in [7, 11) is 7.68. The summed E-state index contributed by atoms with van der Waals surface area (Å²) in [5.74, 6) is 1.13. The monoisotopic (exact) mass is 370 g/mol. The summed E-state index contributed by atoms with van der Waals surface area (Å²) in [6.07, 6.45) is 1.67. The Morgan fingerprint density at radius 3 is 2.56 bits per heavy atom. The van der Waals surface area contributed by atoms with E-state index >= 15 is 0 Å². The summed E-state index contributed by atoms with van der Waals surface area (Å²) in [5, 5.41) is 2.94. The Labute approximate surface area is 159 Å². The van der Waals surface area contributed by atoms with Gasteiger partial charge in [-0.25, -0.2) is 4.98 Å². The highest BCUT2D eigenvalue weighted by molar-refractivity contribution is 6.06.